The highest BCUT2D eigenvalue weighted by Gasteiger charge is 2.07. The zero-order valence-corrected chi connectivity index (χ0v) is 11.6. The maximum atomic E-state index is 11.6. The van der Waals surface area contributed by atoms with Gasteiger partial charge >= 0.3 is 0 Å². The summed E-state index contributed by atoms with van der Waals surface area (Å²) in [4.78, 5) is 16.0. The summed E-state index contributed by atoms with van der Waals surface area (Å²) in [7, 11) is 0. The molecule has 1 aromatic rings. The topological polar surface area (TPSA) is 42.0 Å². The molecule has 0 fully saturated rings. The van der Waals surface area contributed by atoms with Crippen LogP contribution in [0.1, 0.15) is 28.7 Å². The average Bonchev–Trinajstić information content (AvgIpc) is 2.28. The highest BCUT2D eigenvalue weighted by Crippen LogP contribution is 2.11. The van der Waals surface area contributed by atoms with Crippen LogP contribution in [-0.4, -0.2) is 17.4 Å². The SMILES string of the molecule is CCNC(=O)c1cc(CBr)nc(CBr)c1. The van der Waals surface area contributed by atoms with Crippen LogP contribution in [0, 0.1) is 0 Å². The van der Waals surface area contributed by atoms with Crippen molar-refractivity contribution in [2.75, 3.05) is 6.54 Å². The average molecular weight is 336 g/mol. The Morgan fingerprint density at radius 2 is 1.87 bits per heavy atom. The largest absolute Gasteiger partial charge is 0.352 e. The van der Waals surface area contributed by atoms with Crippen LogP contribution in [0.25, 0.3) is 0 Å². The summed E-state index contributed by atoms with van der Waals surface area (Å²) in [6, 6.07) is 3.60. The fourth-order valence-electron chi connectivity index (χ4n) is 1.18. The summed E-state index contributed by atoms with van der Waals surface area (Å²) in [5.74, 6) is -0.0516. The molecule has 0 radical (unpaired) electrons. The Hall–Kier alpha value is -0.420. The first-order valence-electron chi connectivity index (χ1n) is 4.61. The van der Waals surface area contributed by atoms with Gasteiger partial charge in [-0.25, -0.2) is 0 Å². The number of aromatic nitrogens is 1. The van der Waals surface area contributed by atoms with Crippen molar-refractivity contribution in [2.45, 2.75) is 17.6 Å². The molecule has 0 unspecified atom stereocenters. The van der Waals surface area contributed by atoms with Gasteiger partial charge in [-0.15, -0.1) is 0 Å². The zero-order valence-electron chi connectivity index (χ0n) is 8.39. The number of alkyl halides is 2. The van der Waals surface area contributed by atoms with Crippen molar-refractivity contribution in [2.24, 2.45) is 0 Å². The summed E-state index contributed by atoms with van der Waals surface area (Å²) >= 11 is 6.67. The van der Waals surface area contributed by atoms with E-state index in [1.807, 2.05) is 6.92 Å². The number of nitrogens with one attached hydrogen (secondary N) is 1. The lowest BCUT2D eigenvalue weighted by Gasteiger charge is -2.05. The molecule has 5 heteroatoms. The van der Waals surface area contributed by atoms with E-state index in [1.54, 1.807) is 12.1 Å². The Morgan fingerprint density at radius 1 is 1.33 bits per heavy atom. The van der Waals surface area contributed by atoms with Gasteiger partial charge in [0, 0.05) is 22.8 Å². The number of amides is 1. The molecule has 0 spiro atoms. The predicted octanol–water partition coefficient (Wildman–Crippen LogP) is 2.62. The Labute approximate surface area is 106 Å². The molecule has 0 bridgehead atoms. The smallest absolute Gasteiger partial charge is 0.251 e. The lowest BCUT2D eigenvalue weighted by molar-refractivity contribution is 0.0955. The summed E-state index contributed by atoms with van der Waals surface area (Å²) < 4.78 is 0. The number of hydrogen-bond acceptors (Lipinski definition) is 2. The maximum Gasteiger partial charge on any atom is 0.251 e. The molecule has 3 nitrogen and oxygen atoms in total. The van der Waals surface area contributed by atoms with E-state index in [4.69, 9.17) is 0 Å². The van der Waals surface area contributed by atoms with Crippen molar-refractivity contribution in [1.29, 1.82) is 0 Å². The number of nitrogens with zero attached hydrogens (tertiary/aromatic N) is 1. The Morgan fingerprint density at radius 3 is 2.27 bits per heavy atom. The maximum absolute atomic E-state index is 11.6. The van der Waals surface area contributed by atoms with E-state index >= 15 is 0 Å². The third-order valence-electron chi connectivity index (χ3n) is 1.80. The third kappa shape index (κ3) is 3.57. The minimum absolute atomic E-state index is 0.0516. The molecule has 1 amide bonds. The van der Waals surface area contributed by atoms with Gasteiger partial charge < -0.3 is 5.32 Å². The second-order valence-electron chi connectivity index (χ2n) is 2.97. The number of rotatable bonds is 4. The van der Waals surface area contributed by atoms with Crippen LogP contribution in [-0.2, 0) is 10.7 Å². The second-order valence-corrected chi connectivity index (χ2v) is 4.09. The monoisotopic (exact) mass is 334 g/mol. The second kappa shape index (κ2) is 6.23. The van der Waals surface area contributed by atoms with Gasteiger partial charge in [0.15, 0.2) is 0 Å². The molecule has 15 heavy (non-hydrogen) atoms. The first-order valence-corrected chi connectivity index (χ1v) is 6.85. The normalized spacial score (nSPS) is 10.1. The number of halogens is 2. The summed E-state index contributed by atoms with van der Waals surface area (Å²) in [5, 5.41) is 4.07. The molecule has 0 aromatic carbocycles. The molecule has 1 heterocycles. The molecule has 0 saturated heterocycles. The van der Waals surface area contributed by atoms with Gasteiger partial charge in [0.1, 0.15) is 0 Å². The van der Waals surface area contributed by atoms with Crippen LogP contribution < -0.4 is 5.32 Å². The van der Waals surface area contributed by atoms with Crippen molar-refractivity contribution in [3.8, 4) is 0 Å². The molecule has 1 aromatic heterocycles. The molecular weight excluding hydrogens is 324 g/mol. The lowest BCUT2D eigenvalue weighted by Crippen LogP contribution is -2.23. The van der Waals surface area contributed by atoms with Gasteiger partial charge in [0.05, 0.1) is 11.4 Å². The number of carbonyl (C=O) groups is 1. The van der Waals surface area contributed by atoms with Crippen LogP contribution in [0.3, 0.4) is 0 Å². The number of hydrogen-bond donors (Lipinski definition) is 1. The quantitative estimate of drug-likeness (QED) is 0.859. The lowest BCUT2D eigenvalue weighted by atomic mass is 10.2. The Kier molecular flexibility index (Phi) is 5.25. The van der Waals surface area contributed by atoms with Crippen molar-refractivity contribution in [3.63, 3.8) is 0 Å². The molecule has 0 saturated carbocycles. The van der Waals surface area contributed by atoms with E-state index in [1.165, 1.54) is 0 Å². The van der Waals surface area contributed by atoms with Crippen molar-refractivity contribution in [3.05, 3.63) is 29.1 Å². The number of carbonyl (C=O) groups excluding carboxylic acids is 1. The van der Waals surface area contributed by atoms with E-state index in [0.29, 0.717) is 22.8 Å². The molecular formula is C10H12Br2N2O. The Bertz CT molecular complexity index is 333. The van der Waals surface area contributed by atoms with Crippen molar-refractivity contribution < 1.29 is 4.79 Å². The van der Waals surface area contributed by atoms with E-state index in [0.717, 1.165) is 11.4 Å². The fraction of sp³-hybridized carbons (Fsp3) is 0.400. The summed E-state index contributed by atoms with van der Waals surface area (Å²) in [5.41, 5.74) is 2.40. The molecule has 1 N–H and O–H groups in total. The molecule has 82 valence electrons. The fourth-order valence-corrected chi connectivity index (χ4v) is 1.75. The van der Waals surface area contributed by atoms with Crippen molar-refractivity contribution >= 4 is 37.8 Å². The van der Waals surface area contributed by atoms with Crippen molar-refractivity contribution in [1.82, 2.24) is 10.3 Å². The third-order valence-corrected chi connectivity index (χ3v) is 2.95. The minimum atomic E-state index is -0.0516. The van der Waals surface area contributed by atoms with Gasteiger partial charge in [-0.2, -0.15) is 0 Å². The summed E-state index contributed by atoms with van der Waals surface area (Å²) in [6.45, 7) is 2.53. The van der Waals surface area contributed by atoms with Gasteiger partial charge in [-0.05, 0) is 19.1 Å². The van der Waals surface area contributed by atoms with Gasteiger partial charge in [0.25, 0.3) is 5.91 Å². The van der Waals surface area contributed by atoms with Crippen LogP contribution in [0.5, 0.6) is 0 Å². The summed E-state index contributed by atoms with van der Waals surface area (Å²) in [6.07, 6.45) is 0. The molecule has 0 aliphatic carbocycles. The van der Waals surface area contributed by atoms with E-state index in [9.17, 15) is 4.79 Å². The van der Waals surface area contributed by atoms with Crippen LogP contribution in [0.4, 0.5) is 0 Å². The van der Waals surface area contributed by atoms with Gasteiger partial charge in [0.2, 0.25) is 0 Å². The van der Waals surface area contributed by atoms with E-state index < -0.39 is 0 Å². The standard InChI is InChI=1S/C10H12Br2N2O/c1-2-13-10(15)7-3-8(5-11)14-9(4-7)6-12/h3-4H,2,5-6H2,1H3,(H,13,15). The molecule has 0 atom stereocenters. The van der Waals surface area contributed by atoms with E-state index in [-0.39, 0.29) is 5.91 Å². The first-order chi connectivity index (χ1) is 7.21. The zero-order chi connectivity index (χ0) is 11.3. The molecule has 1 rings (SSSR count). The molecule has 0 aliphatic heterocycles. The Balaban J connectivity index is 3.01. The van der Waals surface area contributed by atoms with Crippen LogP contribution >= 0.6 is 31.9 Å². The highest BCUT2D eigenvalue weighted by atomic mass is 79.9. The molecule has 0 aliphatic rings. The predicted molar refractivity (Wildman–Crippen MR) is 67.5 cm³/mol. The van der Waals surface area contributed by atoms with E-state index in [2.05, 4.69) is 42.2 Å². The van der Waals surface area contributed by atoms with Crippen LogP contribution in [0.2, 0.25) is 0 Å². The van der Waals surface area contributed by atoms with Gasteiger partial charge in [-0.3, -0.25) is 9.78 Å². The number of pyridine rings is 1. The van der Waals surface area contributed by atoms with Crippen LogP contribution in [0.15, 0.2) is 12.1 Å². The first kappa shape index (κ1) is 12.6. The highest BCUT2D eigenvalue weighted by molar-refractivity contribution is 9.08. The minimum Gasteiger partial charge on any atom is -0.352 e. The van der Waals surface area contributed by atoms with Gasteiger partial charge in [-0.1, -0.05) is 31.9 Å².